The molecule has 0 bridgehead atoms. The molecule has 1 unspecified atom stereocenters. The minimum absolute atomic E-state index is 0.514. The molecule has 0 saturated heterocycles. The van der Waals surface area contributed by atoms with Crippen molar-refractivity contribution >= 4 is 54.6 Å². The number of hydrogen-bond donors (Lipinski definition) is 2. The van der Waals surface area contributed by atoms with E-state index in [0.717, 1.165) is 4.35 Å². The third-order valence-corrected chi connectivity index (χ3v) is 4.84. The first kappa shape index (κ1) is 13.7. The summed E-state index contributed by atoms with van der Waals surface area (Å²) in [5, 5.41) is 2.56. The Morgan fingerprint density at radius 1 is 1.38 bits per heavy atom. The van der Waals surface area contributed by atoms with E-state index in [1.807, 2.05) is 0 Å². The predicted octanol–water partition coefficient (Wildman–Crippen LogP) is -1.40. The number of hydrogen-bond acceptors (Lipinski definition) is 3. The molecule has 4 nitrogen and oxygen atoms in total. The van der Waals surface area contributed by atoms with E-state index in [4.69, 9.17) is 18.8 Å². The van der Waals surface area contributed by atoms with E-state index in [2.05, 4.69) is 5.32 Å². The molecule has 0 fully saturated rings. The Kier molecular flexibility index (Phi) is 5.02. The van der Waals surface area contributed by atoms with Crippen LogP contribution in [0.4, 0.5) is 5.69 Å². The molecule has 2 N–H and O–H groups in total. The molecule has 1 aromatic rings. The van der Waals surface area contributed by atoms with Crippen LogP contribution < -0.4 is 9.67 Å². The average Bonchev–Trinajstić information content (AvgIpc) is 2.25. The Hall–Kier alpha value is -0.317. The molecule has 5 radical (unpaired) electrons. The number of nitrogens with one attached hydrogen (secondary N) is 1. The molecule has 0 saturated carbocycles. The van der Waals surface area contributed by atoms with Gasteiger partial charge in [0.1, 0.15) is 0 Å². The second-order valence-corrected chi connectivity index (χ2v) is 7.88. The van der Waals surface area contributed by atoms with Crippen LogP contribution in [0.15, 0.2) is 24.3 Å². The van der Waals surface area contributed by atoms with Crippen molar-refractivity contribution in [2.45, 2.75) is 0 Å². The number of benzene rings is 1. The van der Waals surface area contributed by atoms with E-state index < -0.39 is 30.3 Å². The van der Waals surface area contributed by atoms with Crippen LogP contribution in [0.3, 0.4) is 0 Å². The second kappa shape index (κ2) is 5.85. The van der Waals surface area contributed by atoms with Crippen LogP contribution >= 0.6 is 0 Å². The number of anilines is 1. The Morgan fingerprint density at radius 2 is 1.94 bits per heavy atom. The van der Waals surface area contributed by atoms with Crippen LogP contribution in [0.1, 0.15) is 0 Å². The molecular weight excluding hydrogens is 286 g/mol. The fourth-order valence-electron chi connectivity index (χ4n) is 1.01. The van der Waals surface area contributed by atoms with Gasteiger partial charge in [-0.05, 0) is 0 Å². The molecular formula is C7H8AsB3NO3S. The average molecular weight is 294 g/mol. The van der Waals surface area contributed by atoms with Gasteiger partial charge in [0, 0.05) is 0 Å². The molecule has 0 aliphatic heterocycles. The molecule has 1 aromatic carbocycles. The standard InChI is InChI=1S/C7H8AsB3NO3S/c9-8(11-10)6-1-3-7(4-2-6)12-5-16(13,14)15/h1-4,12H,5H2,(H,13,14,15). The summed E-state index contributed by atoms with van der Waals surface area (Å²) >= 11 is -1.72. The van der Waals surface area contributed by atoms with Gasteiger partial charge in [-0.1, -0.05) is 0 Å². The maximum absolute atomic E-state index is 10.5. The van der Waals surface area contributed by atoms with Gasteiger partial charge in [-0.15, -0.1) is 0 Å². The van der Waals surface area contributed by atoms with E-state index >= 15 is 0 Å². The molecule has 0 spiro atoms. The Balaban J connectivity index is 2.65. The monoisotopic (exact) mass is 294 g/mol. The van der Waals surface area contributed by atoms with Crippen molar-refractivity contribution in [1.82, 2.24) is 0 Å². The normalized spacial score (nSPS) is 13.1. The zero-order valence-electron chi connectivity index (χ0n) is 8.37. The first-order valence-corrected chi connectivity index (χ1v) is 9.02. The van der Waals surface area contributed by atoms with Crippen molar-refractivity contribution in [3.63, 3.8) is 0 Å². The summed E-state index contributed by atoms with van der Waals surface area (Å²) in [5.41, 5.74) is 0.598. The van der Waals surface area contributed by atoms with Crippen LogP contribution in [0.25, 0.3) is 0 Å². The second-order valence-electron chi connectivity index (χ2n) is 3.01. The summed E-state index contributed by atoms with van der Waals surface area (Å²) in [5.74, 6) is 0.993. The molecule has 0 amide bonds. The van der Waals surface area contributed by atoms with Gasteiger partial charge in [0.15, 0.2) is 0 Å². The first-order valence-electron chi connectivity index (χ1n) is 4.30. The maximum atomic E-state index is 10.5. The molecule has 16 heavy (non-hydrogen) atoms. The van der Waals surface area contributed by atoms with E-state index in [0.29, 0.717) is 5.69 Å². The summed E-state index contributed by atoms with van der Waals surface area (Å²) in [7, 11) is 1.34. The Morgan fingerprint density at radius 3 is 2.38 bits per heavy atom. The van der Waals surface area contributed by atoms with Gasteiger partial charge in [-0.3, -0.25) is 0 Å². The van der Waals surface area contributed by atoms with Crippen molar-refractivity contribution in [2.24, 2.45) is 0 Å². The van der Waals surface area contributed by atoms with Crippen molar-refractivity contribution in [3.05, 3.63) is 24.3 Å². The van der Waals surface area contributed by atoms with Crippen LogP contribution in [-0.4, -0.2) is 53.3 Å². The fourth-order valence-corrected chi connectivity index (χ4v) is 2.76. The van der Waals surface area contributed by atoms with Crippen molar-refractivity contribution < 1.29 is 13.0 Å². The summed E-state index contributed by atoms with van der Waals surface area (Å²) in [6.07, 6.45) is 0. The van der Waals surface area contributed by atoms with E-state index in [-0.39, 0.29) is 0 Å². The van der Waals surface area contributed by atoms with Crippen molar-refractivity contribution in [1.29, 1.82) is 0 Å². The molecule has 1 rings (SSSR count). The molecule has 0 aromatic heterocycles. The third-order valence-electron chi connectivity index (χ3n) is 1.78. The SMILES string of the molecule is [B][B][As]([B])c1ccc(NCS(=O)(=O)O)cc1. The summed E-state index contributed by atoms with van der Waals surface area (Å²) in [4.78, 5) is 0. The van der Waals surface area contributed by atoms with Crippen LogP contribution in [0.5, 0.6) is 0 Å². The topological polar surface area (TPSA) is 66.4 Å². The predicted molar refractivity (Wildman–Crippen MR) is 69.1 cm³/mol. The quantitative estimate of drug-likeness (QED) is 0.517. The van der Waals surface area contributed by atoms with E-state index in [9.17, 15) is 8.42 Å². The van der Waals surface area contributed by atoms with E-state index in [1.165, 1.54) is 5.86 Å². The van der Waals surface area contributed by atoms with Crippen molar-refractivity contribution in [2.75, 3.05) is 11.2 Å². The molecule has 9 heteroatoms. The number of rotatable bonds is 5. The Bertz CT molecular complexity index is 439. The molecule has 79 valence electrons. The van der Waals surface area contributed by atoms with Gasteiger partial charge in [0.05, 0.1) is 0 Å². The molecule has 0 heterocycles. The molecule has 0 aliphatic carbocycles. The van der Waals surface area contributed by atoms with Gasteiger partial charge < -0.3 is 0 Å². The summed E-state index contributed by atoms with van der Waals surface area (Å²) in [6, 6.07) is 6.96. The van der Waals surface area contributed by atoms with E-state index in [1.54, 1.807) is 24.3 Å². The van der Waals surface area contributed by atoms with Gasteiger partial charge in [0.25, 0.3) is 0 Å². The van der Waals surface area contributed by atoms with Gasteiger partial charge >= 0.3 is 103 Å². The Labute approximate surface area is 103 Å². The zero-order valence-corrected chi connectivity index (χ0v) is 11.1. The van der Waals surface area contributed by atoms with Gasteiger partial charge in [-0.2, -0.15) is 0 Å². The zero-order chi connectivity index (χ0) is 12.2. The first-order chi connectivity index (χ1) is 7.42. The minimum atomic E-state index is -4.01. The van der Waals surface area contributed by atoms with Crippen LogP contribution in [-0.2, 0) is 10.1 Å². The fraction of sp³-hybridized carbons (Fsp3) is 0.143. The molecule has 0 aliphatic rings. The van der Waals surface area contributed by atoms with Crippen LogP contribution in [0, 0.1) is 0 Å². The van der Waals surface area contributed by atoms with Crippen molar-refractivity contribution in [3.8, 4) is 0 Å². The van der Waals surface area contributed by atoms with Gasteiger partial charge in [-0.25, -0.2) is 0 Å². The third kappa shape index (κ3) is 4.68. The molecule has 1 atom stereocenters. The summed E-state index contributed by atoms with van der Waals surface area (Å²) in [6.45, 7) is 5.80. The van der Waals surface area contributed by atoms with Gasteiger partial charge in [0.2, 0.25) is 0 Å². The summed E-state index contributed by atoms with van der Waals surface area (Å²) < 4.78 is 30.5. The van der Waals surface area contributed by atoms with Crippen LogP contribution in [0.2, 0.25) is 0 Å².